The van der Waals surface area contributed by atoms with Crippen LogP contribution in [0.5, 0.6) is 0 Å². The third kappa shape index (κ3) is 1.68. The summed E-state index contributed by atoms with van der Waals surface area (Å²) < 4.78 is 6.61. The molecule has 0 aromatic carbocycles. The van der Waals surface area contributed by atoms with Gasteiger partial charge in [0.05, 0.1) is 18.8 Å². The largest absolute Gasteiger partial charge is 0.385 e. The van der Waals surface area contributed by atoms with Crippen molar-refractivity contribution in [1.29, 1.82) is 0 Å². The number of aliphatic hydroxyl groups is 2. The highest BCUT2D eigenvalue weighted by Crippen LogP contribution is 2.32. The fourth-order valence-corrected chi connectivity index (χ4v) is 2.44. The SMILES string of the molecule is Nc1ncnc2c1ncn2C1(O)COC(CCl)C1O. The van der Waals surface area contributed by atoms with E-state index in [1.165, 1.54) is 17.2 Å². The van der Waals surface area contributed by atoms with Crippen molar-refractivity contribution < 1.29 is 14.9 Å². The Balaban J connectivity index is 2.12. The minimum absolute atomic E-state index is 0.0766. The molecule has 2 aromatic heterocycles. The molecule has 3 atom stereocenters. The number of aliphatic hydroxyl groups excluding tert-OH is 1. The van der Waals surface area contributed by atoms with Crippen LogP contribution in [0.3, 0.4) is 0 Å². The fourth-order valence-electron chi connectivity index (χ4n) is 2.18. The molecule has 102 valence electrons. The van der Waals surface area contributed by atoms with Gasteiger partial charge in [0.25, 0.3) is 0 Å². The number of alkyl halides is 1. The molecule has 1 saturated heterocycles. The minimum Gasteiger partial charge on any atom is -0.385 e. The maximum absolute atomic E-state index is 10.6. The number of nitrogens with two attached hydrogens (primary N) is 1. The molecule has 19 heavy (non-hydrogen) atoms. The molecule has 0 spiro atoms. The Hall–Kier alpha value is -1.48. The lowest BCUT2D eigenvalue weighted by Crippen LogP contribution is -2.46. The van der Waals surface area contributed by atoms with Gasteiger partial charge in [0.2, 0.25) is 0 Å². The molecular weight excluding hydrogens is 274 g/mol. The maximum atomic E-state index is 10.6. The number of aromatic nitrogens is 4. The van der Waals surface area contributed by atoms with E-state index in [9.17, 15) is 10.2 Å². The topological polar surface area (TPSA) is 119 Å². The Labute approximate surface area is 112 Å². The lowest BCUT2D eigenvalue weighted by molar-refractivity contribution is -0.107. The molecule has 0 amide bonds. The van der Waals surface area contributed by atoms with E-state index >= 15 is 0 Å². The molecule has 0 radical (unpaired) electrons. The zero-order valence-electron chi connectivity index (χ0n) is 9.77. The normalized spacial score (nSPS) is 31.1. The molecule has 1 aliphatic heterocycles. The highest BCUT2D eigenvalue weighted by atomic mass is 35.5. The number of nitrogen functional groups attached to an aromatic ring is 1. The van der Waals surface area contributed by atoms with Crippen molar-refractivity contribution >= 4 is 28.6 Å². The van der Waals surface area contributed by atoms with E-state index in [1.807, 2.05) is 0 Å². The second kappa shape index (κ2) is 4.27. The quantitative estimate of drug-likeness (QED) is 0.609. The first-order valence-corrected chi connectivity index (χ1v) is 6.13. The van der Waals surface area contributed by atoms with Gasteiger partial charge in [-0.3, -0.25) is 4.57 Å². The zero-order chi connectivity index (χ0) is 13.6. The van der Waals surface area contributed by atoms with Crippen molar-refractivity contribution in [3.8, 4) is 0 Å². The Kier molecular flexibility index (Phi) is 2.82. The number of nitrogens with zero attached hydrogens (tertiary/aromatic N) is 4. The number of anilines is 1. The van der Waals surface area contributed by atoms with Crippen molar-refractivity contribution in [3.63, 3.8) is 0 Å². The van der Waals surface area contributed by atoms with Gasteiger partial charge in [-0.1, -0.05) is 0 Å². The van der Waals surface area contributed by atoms with E-state index in [1.54, 1.807) is 0 Å². The average molecular weight is 286 g/mol. The first-order valence-electron chi connectivity index (χ1n) is 5.60. The number of rotatable bonds is 2. The van der Waals surface area contributed by atoms with Gasteiger partial charge in [0.1, 0.15) is 24.1 Å². The number of imidazole rings is 1. The summed E-state index contributed by atoms with van der Waals surface area (Å²) in [6.07, 6.45) is 0.779. The van der Waals surface area contributed by atoms with Gasteiger partial charge in [0.15, 0.2) is 17.2 Å². The molecule has 3 heterocycles. The third-order valence-corrected chi connectivity index (χ3v) is 3.57. The standard InChI is InChI=1S/C10H12ClN5O3/c11-1-5-7(17)10(18,2-19-5)16-4-15-6-8(12)13-3-14-9(6)16/h3-5,7,17-18H,1-2H2,(H2,12,13,14). The summed E-state index contributed by atoms with van der Waals surface area (Å²) in [5.41, 5.74) is 4.69. The van der Waals surface area contributed by atoms with Gasteiger partial charge in [-0.05, 0) is 0 Å². The predicted octanol–water partition coefficient (Wildman–Crippen LogP) is -0.948. The predicted molar refractivity (Wildman–Crippen MR) is 66.4 cm³/mol. The minimum atomic E-state index is -1.67. The number of hydrogen-bond donors (Lipinski definition) is 3. The summed E-state index contributed by atoms with van der Waals surface area (Å²) in [7, 11) is 0. The number of fused-ring (bicyclic) bond motifs is 1. The Morgan fingerprint density at radius 3 is 3.00 bits per heavy atom. The Bertz CT molecular complexity index is 620. The molecule has 3 rings (SSSR count). The van der Waals surface area contributed by atoms with E-state index in [4.69, 9.17) is 22.1 Å². The van der Waals surface area contributed by atoms with Crippen LogP contribution < -0.4 is 5.73 Å². The first kappa shape index (κ1) is 12.5. The van der Waals surface area contributed by atoms with Crippen LogP contribution in [0, 0.1) is 0 Å². The van der Waals surface area contributed by atoms with Crippen LogP contribution in [-0.2, 0) is 10.5 Å². The molecule has 9 heteroatoms. The number of ether oxygens (including phenoxy) is 1. The van der Waals surface area contributed by atoms with Gasteiger partial charge < -0.3 is 20.7 Å². The van der Waals surface area contributed by atoms with E-state index in [-0.39, 0.29) is 18.3 Å². The van der Waals surface area contributed by atoms with Crippen molar-refractivity contribution in [2.24, 2.45) is 0 Å². The highest BCUT2D eigenvalue weighted by Gasteiger charge is 2.50. The maximum Gasteiger partial charge on any atom is 0.197 e. The summed E-state index contributed by atoms with van der Waals surface area (Å²) in [5.74, 6) is 0.280. The van der Waals surface area contributed by atoms with E-state index in [2.05, 4.69) is 15.0 Å². The monoisotopic (exact) mass is 285 g/mol. The van der Waals surface area contributed by atoms with Gasteiger partial charge in [-0.25, -0.2) is 15.0 Å². The fraction of sp³-hybridized carbons (Fsp3) is 0.500. The second-order valence-corrected chi connectivity index (χ2v) is 4.68. The lowest BCUT2D eigenvalue weighted by atomic mass is 10.1. The Morgan fingerprint density at radius 2 is 2.32 bits per heavy atom. The van der Waals surface area contributed by atoms with Gasteiger partial charge in [0, 0.05) is 0 Å². The molecule has 3 unspecified atom stereocenters. The van der Waals surface area contributed by atoms with E-state index in [0.717, 1.165) is 0 Å². The lowest BCUT2D eigenvalue weighted by Gasteiger charge is -2.27. The number of halogens is 1. The molecule has 0 aliphatic carbocycles. The van der Waals surface area contributed by atoms with Crippen LogP contribution >= 0.6 is 11.6 Å². The molecule has 1 fully saturated rings. The molecule has 4 N–H and O–H groups in total. The van der Waals surface area contributed by atoms with Crippen LogP contribution in [0.4, 0.5) is 5.82 Å². The second-order valence-electron chi connectivity index (χ2n) is 4.37. The molecule has 0 bridgehead atoms. The number of hydrogen-bond acceptors (Lipinski definition) is 7. The van der Waals surface area contributed by atoms with Crippen LogP contribution in [0.1, 0.15) is 0 Å². The van der Waals surface area contributed by atoms with Gasteiger partial charge in [-0.2, -0.15) is 0 Å². The van der Waals surface area contributed by atoms with Crippen LogP contribution in [-0.4, -0.2) is 54.4 Å². The molecule has 1 aliphatic rings. The van der Waals surface area contributed by atoms with Crippen LogP contribution in [0.15, 0.2) is 12.7 Å². The highest BCUT2D eigenvalue weighted by molar-refractivity contribution is 6.18. The Morgan fingerprint density at radius 1 is 1.53 bits per heavy atom. The summed E-state index contributed by atoms with van der Waals surface area (Å²) >= 11 is 5.67. The third-order valence-electron chi connectivity index (χ3n) is 3.27. The van der Waals surface area contributed by atoms with Gasteiger partial charge >= 0.3 is 0 Å². The average Bonchev–Trinajstić information content (AvgIpc) is 2.95. The smallest absolute Gasteiger partial charge is 0.197 e. The van der Waals surface area contributed by atoms with Crippen molar-refractivity contribution in [3.05, 3.63) is 12.7 Å². The molecule has 0 saturated carbocycles. The summed E-state index contributed by atoms with van der Waals surface area (Å²) in [4.78, 5) is 11.9. The van der Waals surface area contributed by atoms with Crippen molar-refractivity contribution in [2.75, 3.05) is 18.2 Å². The summed E-state index contributed by atoms with van der Waals surface area (Å²) in [6.45, 7) is -0.110. The van der Waals surface area contributed by atoms with Crippen LogP contribution in [0.2, 0.25) is 0 Å². The summed E-state index contributed by atoms with van der Waals surface area (Å²) in [5, 5.41) is 20.7. The van der Waals surface area contributed by atoms with Crippen molar-refractivity contribution in [1.82, 2.24) is 19.5 Å². The van der Waals surface area contributed by atoms with E-state index < -0.39 is 17.9 Å². The summed E-state index contributed by atoms with van der Waals surface area (Å²) in [6, 6.07) is 0. The van der Waals surface area contributed by atoms with Crippen LogP contribution in [0.25, 0.3) is 11.2 Å². The van der Waals surface area contributed by atoms with Crippen molar-refractivity contribution in [2.45, 2.75) is 17.9 Å². The molecular formula is C10H12ClN5O3. The van der Waals surface area contributed by atoms with E-state index in [0.29, 0.717) is 11.2 Å². The zero-order valence-corrected chi connectivity index (χ0v) is 10.5. The molecule has 8 nitrogen and oxygen atoms in total. The van der Waals surface area contributed by atoms with Gasteiger partial charge in [-0.15, -0.1) is 11.6 Å². The molecule has 2 aromatic rings. The first-order chi connectivity index (χ1) is 9.08.